The molecule has 3 rings (SSSR count). The first-order chi connectivity index (χ1) is 11.3. The Labute approximate surface area is 146 Å². The molecule has 0 aliphatic carbocycles. The van der Waals surface area contributed by atoms with E-state index >= 15 is 0 Å². The van der Waals surface area contributed by atoms with Crippen LogP contribution in [0.25, 0.3) is 0 Å². The van der Waals surface area contributed by atoms with Crippen LogP contribution in [0.1, 0.15) is 17.4 Å². The lowest BCUT2D eigenvalue weighted by Gasteiger charge is -2.17. The summed E-state index contributed by atoms with van der Waals surface area (Å²) in [6, 6.07) is 6.63. The number of nitrogens with zero attached hydrogens (tertiary/aromatic N) is 1. The van der Waals surface area contributed by atoms with Gasteiger partial charge in [-0.15, -0.1) is 11.8 Å². The fraction of sp³-hybridized carbons (Fsp3) is 0.562. The van der Waals surface area contributed by atoms with Crippen molar-refractivity contribution >= 4 is 28.7 Å². The van der Waals surface area contributed by atoms with Gasteiger partial charge in [-0.2, -0.15) is 0 Å². The van der Waals surface area contributed by atoms with E-state index in [2.05, 4.69) is 27.8 Å². The number of aliphatic imine (C=N–C) groups is 1. The molecule has 0 amide bonds. The van der Waals surface area contributed by atoms with E-state index in [0.717, 1.165) is 47.7 Å². The van der Waals surface area contributed by atoms with Gasteiger partial charge in [-0.3, -0.25) is 10.3 Å². The van der Waals surface area contributed by atoms with Gasteiger partial charge in [0.25, 0.3) is 0 Å². The molecule has 2 aliphatic rings. The van der Waals surface area contributed by atoms with Gasteiger partial charge in [0.1, 0.15) is 0 Å². The molecule has 2 heterocycles. The third-order valence-corrected chi connectivity index (χ3v) is 6.30. The van der Waals surface area contributed by atoms with Gasteiger partial charge in [-0.1, -0.05) is 17.8 Å². The maximum Gasteiger partial charge on any atom is 0.161 e. The molecular weight excluding hydrogens is 330 g/mol. The maximum atomic E-state index is 5.40. The zero-order chi connectivity index (χ0) is 16.1. The molecule has 0 bridgehead atoms. The first kappa shape index (κ1) is 16.8. The molecule has 0 spiro atoms. The van der Waals surface area contributed by atoms with E-state index in [1.54, 1.807) is 14.2 Å². The number of methoxy groups -OCH3 is 2. The number of benzene rings is 1. The smallest absolute Gasteiger partial charge is 0.161 e. The average Bonchev–Trinajstić information content (AvgIpc) is 3.09. The Hall–Kier alpha value is -1.05. The first-order valence-corrected chi connectivity index (χ1v) is 9.84. The van der Waals surface area contributed by atoms with Crippen LogP contribution < -0.4 is 20.1 Å². The summed E-state index contributed by atoms with van der Waals surface area (Å²) >= 11 is 3.77. The van der Waals surface area contributed by atoms with Crippen molar-refractivity contribution in [1.29, 1.82) is 0 Å². The number of amidine groups is 1. The predicted octanol–water partition coefficient (Wildman–Crippen LogP) is 2.49. The molecule has 2 N–H and O–H groups in total. The summed E-state index contributed by atoms with van der Waals surface area (Å²) in [5.41, 5.74) is 1.23. The third kappa shape index (κ3) is 4.28. The zero-order valence-corrected chi connectivity index (χ0v) is 15.1. The van der Waals surface area contributed by atoms with Crippen LogP contribution in [-0.2, 0) is 0 Å². The molecular formula is C16H23N3O2S2. The van der Waals surface area contributed by atoms with Crippen molar-refractivity contribution in [3.63, 3.8) is 0 Å². The normalized spacial score (nSPS) is 24.0. The minimum Gasteiger partial charge on any atom is -0.493 e. The molecule has 1 fully saturated rings. The standard InChI is InChI=1S/C16H23N3O2S2/c1-20-13-5-4-11(8-14(13)21-2)15-19-12(9-22-15)10-23-16-17-6-3-7-18-16/h4-5,8,12,15,19H,3,6-7,9-10H2,1-2H3,(H,17,18). The highest BCUT2D eigenvalue weighted by molar-refractivity contribution is 8.13. The van der Waals surface area contributed by atoms with E-state index < -0.39 is 0 Å². The van der Waals surface area contributed by atoms with Crippen LogP contribution in [0.15, 0.2) is 23.2 Å². The van der Waals surface area contributed by atoms with Crippen LogP contribution in [0.4, 0.5) is 0 Å². The van der Waals surface area contributed by atoms with Gasteiger partial charge in [0.05, 0.1) is 19.6 Å². The first-order valence-electron chi connectivity index (χ1n) is 7.81. The predicted molar refractivity (Wildman–Crippen MR) is 99.0 cm³/mol. The molecule has 126 valence electrons. The molecule has 2 unspecified atom stereocenters. The highest BCUT2D eigenvalue weighted by Crippen LogP contribution is 2.37. The Balaban J connectivity index is 1.55. The molecule has 2 atom stereocenters. The van der Waals surface area contributed by atoms with Crippen LogP contribution in [0.3, 0.4) is 0 Å². The second-order valence-electron chi connectivity index (χ2n) is 5.47. The summed E-state index contributed by atoms with van der Waals surface area (Å²) in [4.78, 5) is 4.51. The van der Waals surface area contributed by atoms with E-state index in [1.165, 1.54) is 5.56 Å². The Morgan fingerprint density at radius 2 is 2.17 bits per heavy atom. The molecule has 2 aliphatic heterocycles. The Morgan fingerprint density at radius 3 is 2.91 bits per heavy atom. The zero-order valence-electron chi connectivity index (χ0n) is 13.5. The summed E-state index contributed by atoms with van der Waals surface area (Å²) in [6.45, 7) is 2.00. The van der Waals surface area contributed by atoms with Gasteiger partial charge in [0.15, 0.2) is 16.7 Å². The van der Waals surface area contributed by atoms with Gasteiger partial charge >= 0.3 is 0 Å². The average molecular weight is 354 g/mol. The molecule has 5 nitrogen and oxygen atoms in total. The largest absolute Gasteiger partial charge is 0.493 e. The lowest BCUT2D eigenvalue weighted by atomic mass is 10.2. The van der Waals surface area contributed by atoms with Crippen LogP contribution >= 0.6 is 23.5 Å². The van der Waals surface area contributed by atoms with Crippen molar-refractivity contribution in [3.05, 3.63) is 23.8 Å². The second-order valence-corrected chi connectivity index (χ2v) is 7.62. The SMILES string of the molecule is COc1ccc(C2NC(CSC3=NCCCN3)CS2)cc1OC. The van der Waals surface area contributed by atoms with Crippen LogP contribution in [0.5, 0.6) is 11.5 Å². The monoisotopic (exact) mass is 353 g/mol. The molecule has 23 heavy (non-hydrogen) atoms. The van der Waals surface area contributed by atoms with Crippen molar-refractivity contribution < 1.29 is 9.47 Å². The van der Waals surface area contributed by atoms with Gasteiger partial charge in [-0.25, -0.2) is 0 Å². The van der Waals surface area contributed by atoms with Gasteiger partial charge in [-0.05, 0) is 24.1 Å². The topological polar surface area (TPSA) is 54.9 Å². The van der Waals surface area contributed by atoms with Gasteiger partial charge in [0, 0.05) is 30.6 Å². The number of ether oxygens (including phenoxy) is 2. The fourth-order valence-electron chi connectivity index (χ4n) is 2.61. The van der Waals surface area contributed by atoms with Crippen molar-refractivity contribution in [3.8, 4) is 11.5 Å². The molecule has 7 heteroatoms. The lowest BCUT2D eigenvalue weighted by Crippen LogP contribution is -2.32. The number of nitrogens with one attached hydrogen (secondary N) is 2. The van der Waals surface area contributed by atoms with Crippen molar-refractivity contribution in [2.24, 2.45) is 4.99 Å². The van der Waals surface area contributed by atoms with Crippen molar-refractivity contribution in [2.45, 2.75) is 17.8 Å². The van der Waals surface area contributed by atoms with E-state index in [4.69, 9.17) is 9.47 Å². The van der Waals surface area contributed by atoms with E-state index in [-0.39, 0.29) is 0 Å². The second kappa shape index (κ2) is 8.17. The number of hydrogen-bond donors (Lipinski definition) is 2. The summed E-state index contributed by atoms with van der Waals surface area (Å²) < 4.78 is 10.7. The van der Waals surface area contributed by atoms with E-state index in [1.807, 2.05) is 29.6 Å². The van der Waals surface area contributed by atoms with Gasteiger partial charge < -0.3 is 14.8 Å². The Bertz CT molecular complexity index is 568. The highest BCUT2D eigenvalue weighted by Gasteiger charge is 2.26. The summed E-state index contributed by atoms with van der Waals surface area (Å²) in [5, 5.41) is 8.46. The summed E-state index contributed by atoms with van der Waals surface area (Å²) in [5.74, 6) is 3.71. The molecule has 1 aromatic rings. The highest BCUT2D eigenvalue weighted by atomic mass is 32.2. The molecule has 1 saturated heterocycles. The minimum absolute atomic E-state index is 0.307. The number of thioether (sulfide) groups is 2. The van der Waals surface area contributed by atoms with E-state index in [0.29, 0.717) is 11.4 Å². The van der Waals surface area contributed by atoms with E-state index in [9.17, 15) is 0 Å². The Morgan fingerprint density at radius 1 is 1.30 bits per heavy atom. The quantitative estimate of drug-likeness (QED) is 0.848. The molecule has 1 aromatic carbocycles. The molecule has 0 aromatic heterocycles. The lowest BCUT2D eigenvalue weighted by molar-refractivity contribution is 0.354. The summed E-state index contributed by atoms with van der Waals surface area (Å²) in [6.07, 6.45) is 1.14. The number of hydrogen-bond acceptors (Lipinski definition) is 7. The van der Waals surface area contributed by atoms with Crippen LogP contribution in [0.2, 0.25) is 0 Å². The molecule has 0 saturated carbocycles. The third-order valence-electron chi connectivity index (χ3n) is 3.85. The molecule has 0 radical (unpaired) electrons. The summed E-state index contributed by atoms with van der Waals surface area (Å²) in [7, 11) is 3.34. The Kier molecular flexibility index (Phi) is 5.96. The number of rotatable bonds is 5. The van der Waals surface area contributed by atoms with Crippen LogP contribution in [-0.4, -0.2) is 50.0 Å². The fourth-order valence-corrected chi connectivity index (χ4v) is 4.99. The maximum absolute atomic E-state index is 5.40. The van der Waals surface area contributed by atoms with Crippen LogP contribution in [0, 0.1) is 0 Å². The van der Waals surface area contributed by atoms with Gasteiger partial charge in [0.2, 0.25) is 0 Å². The minimum atomic E-state index is 0.307. The van der Waals surface area contributed by atoms with Crippen molar-refractivity contribution in [1.82, 2.24) is 10.6 Å². The van der Waals surface area contributed by atoms with Crippen molar-refractivity contribution in [2.75, 3.05) is 38.8 Å².